The van der Waals surface area contributed by atoms with Crippen molar-refractivity contribution in [3.63, 3.8) is 0 Å². The minimum atomic E-state index is -3.60. The summed E-state index contributed by atoms with van der Waals surface area (Å²) in [6, 6.07) is 13.4. The van der Waals surface area contributed by atoms with Crippen LogP contribution in [0.1, 0.15) is 49.7 Å². The number of hydrogen-bond acceptors (Lipinski definition) is 5. The molecule has 4 rings (SSSR count). The zero-order valence-corrected chi connectivity index (χ0v) is 19.8. The van der Waals surface area contributed by atoms with E-state index in [0.717, 1.165) is 31.2 Å². The van der Waals surface area contributed by atoms with Crippen molar-refractivity contribution in [3.05, 3.63) is 53.6 Å². The number of carbonyl (C=O) groups is 2. The van der Waals surface area contributed by atoms with Crippen molar-refractivity contribution < 1.29 is 18.0 Å². The fourth-order valence-corrected chi connectivity index (χ4v) is 6.03. The molecule has 2 aromatic rings. The third-order valence-electron chi connectivity index (χ3n) is 6.28. The monoisotopic (exact) mass is 480 g/mol. The Hall–Kier alpha value is -3.22. The summed E-state index contributed by atoms with van der Waals surface area (Å²) in [7, 11) is -3.60. The van der Waals surface area contributed by atoms with Crippen molar-refractivity contribution in [2.45, 2.75) is 49.8 Å². The van der Waals surface area contributed by atoms with Crippen LogP contribution in [0.3, 0.4) is 0 Å². The zero-order chi connectivity index (χ0) is 24.1. The molecule has 9 heteroatoms. The van der Waals surface area contributed by atoms with Gasteiger partial charge in [-0.3, -0.25) is 9.59 Å². The van der Waals surface area contributed by atoms with Crippen molar-refractivity contribution in [3.8, 4) is 6.07 Å². The van der Waals surface area contributed by atoms with E-state index in [4.69, 9.17) is 5.26 Å². The van der Waals surface area contributed by atoms with Crippen molar-refractivity contribution in [2.24, 2.45) is 0 Å². The normalized spacial score (nSPS) is 17.3. The number of benzene rings is 2. The van der Waals surface area contributed by atoms with E-state index in [0.29, 0.717) is 42.9 Å². The molecule has 0 bridgehead atoms. The molecule has 178 valence electrons. The molecule has 0 aliphatic carbocycles. The second kappa shape index (κ2) is 10.4. The average molecular weight is 481 g/mol. The summed E-state index contributed by atoms with van der Waals surface area (Å²) in [5.41, 5.74) is 2.35. The van der Waals surface area contributed by atoms with Gasteiger partial charge in [-0.1, -0.05) is 12.8 Å². The van der Waals surface area contributed by atoms with Crippen LogP contribution in [-0.2, 0) is 26.0 Å². The Labute approximate surface area is 200 Å². The van der Waals surface area contributed by atoms with Crippen LogP contribution in [-0.4, -0.2) is 44.2 Å². The first-order chi connectivity index (χ1) is 16.4. The lowest BCUT2D eigenvalue weighted by molar-refractivity contribution is -0.121. The largest absolute Gasteiger partial charge is 0.325 e. The molecule has 0 saturated carbocycles. The topological polar surface area (TPSA) is 111 Å². The molecule has 0 unspecified atom stereocenters. The van der Waals surface area contributed by atoms with E-state index in [1.165, 1.54) is 4.90 Å². The van der Waals surface area contributed by atoms with Crippen LogP contribution in [0.2, 0.25) is 0 Å². The molecule has 0 aromatic heterocycles. The molecular weight excluding hydrogens is 452 g/mol. The highest BCUT2D eigenvalue weighted by molar-refractivity contribution is 7.89. The number of hydrogen-bond donors (Lipinski definition) is 1. The van der Waals surface area contributed by atoms with Gasteiger partial charge in [-0.15, -0.1) is 0 Å². The van der Waals surface area contributed by atoms with Gasteiger partial charge < -0.3 is 10.2 Å². The molecule has 1 saturated heterocycles. The highest BCUT2D eigenvalue weighted by Crippen LogP contribution is 2.31. The van der Waals surface area contributed by atoms with Crippen LogP contribution in [0.15, 0.2) is 47.4 Å². The summed E-state index contributed by atoms with van der Waals surface area (Å²) in [6.45, 7) is 0.878. The number of fused-ring (bicyclic) bond motifs is 1. The van der Waals surface area contributed by atoms with Crippen LogP contribution < -0.4 is 10.2 Å². The summed E-state index contributed by atoms with van der Waals surface area (Å²) in [5, 5.41) is 11.7. The maximum Gasteiger partial charge on any atom is 0.244 e. The van der Waals surface area contributed by atoms with Crippen LogP contribution in [0, 0.1) is 11.3 Å². The molecule has 1 fully saturated rings. The van der Waals surface area contributed by atoms with Crippen molar-refractivity contribution in [1.82, 2.24) is 4.31 Å². The fraction of sp³-hybridized carbons (Fsp3) is 0.400. The number of nitrogens with one attached hydrogen (secondary N) is 1. The van der Waals surface area contributed by atoms with Crippen LogP contribution >= 0.6 is 0 Å². The molecule has 34 heavy (non-hydrogen) atoms. The van der Waals surface area contributed by atoms with E-state index in [1.54, 1.807) is 46.8 Å². The lowest BCUT2D eigenvalue weighted by Gasteiger charge is -2.24. The van der Waals surface area contributed by atoms with E-state index >= 15 is 0 Å². The summed E-state index contributed by atoms with van der Waals surface area (Å²) < 4.78 is 28.1. The smallest absolute Gasteiger partial charge is 0.244 e. The maximum atomic E-state index is 13.2. The van der Waals surface area contributed by atoms with Gasteiger partial charge in [0.25, 0.3) is 0 Å². The number of rotatable bonds is 5. The number of sulfonamides is 1. The lowest BCUT2D eigenvalue weighted by Crippen LogP contribution is -2.38. The van der Waals surface area contributed by atoms with E-state index in [9.17, 15) is 18.0 Å². The molecule has 2 heterocycles. The molecule has 2 aromatic carbocycles. The van der Waals surface area contributed by atoms with Crippen LogP contribution in [0.5, 0.6) is 0 Å². The van der Waals surface area contributed by atoms with Gasteiger partial charge in [0.15, 0.2) is 0 Å². The first-order valence-corrected chi connectivity index (χ1v) is 13.1. The molecule has 2 amide bonds. The second-order valence-electron chi connectivity index (χ2n) is 8.68. The third-order valence-corrected chi connectivity index (χ3v) is 8.18. The molecular formula is C25H28N4O4S. The predicted octanol–water partition coefficient (Wildman–Crippen LogP) is 3.43. The molecule has 0 radical (unpaired) electrons. The lowest BCUT2D eigenvalue weighted by atomic mass is 10.1. The highest BCUT2D eigenvalue weighted by Gasteiger charge is 2.29. The molecule has 0 atom stereocenters. The van der Waals surface area contributed by atoms with Gasteiger partial charge in [0.2, 0.25) is 21.8 Å². The molecule has 0 spiro atoms. The van der Waals surface area contributed by atoms with Gasteiger partial charge in [0.05, 0.1) is 16.5 Å². The zero-order valence-electron chi connectivity index (χ0n) is 19.0. The number of carbonyl (C=O) groups excluding carboxylic acids is 2. The van der Waals surface area contributed by atoms with E-state index < -0.39 is 10.0 Å². The van der Waals surface area contributed by atoms with E-state index in [2.05, 4.69) is 5.32 Å². The SMILES string of the molecule is N#Cc1ccc(NC(=O)CN2C(=O)CCCc3cc(S(=O)(=O)N4CCCCCC4)ccc32)cc1. The van der Waals surface area contributed by atoms with Crippen molar-refractivity contribution >= 4 is 33.2 Å². The number of aryl methyl sites for hydroxylation is 1. The molecule has 1 N–H and O–H groups in total. The van der Waals surface area contributed by atoms with Crippen LogP contribution in [0.25, 0.3) is 0 Å². The van der Waals surface area contributed by atoms with Crippen LogP contribution in [0.4, 0.5) is 11.4 Å². The second-order valence-corrected chi connectivity index (χ2v) is 10.6. The minimum absolute atomic E-state index is 0.170. The molecule has 2 aliphatic rings. The van der Waals surface area contributed by atoms with E-state index in [1.807, 2.05) is 6.07 Å². The Morgan fingerprint density at radius 3 is 2.35 bits per heavy atom. The summed E-state index contributed by atoms with van der Waals surface area (Å²) in [6.07, 6.45) is 5.25. The highest BCUT2D eigenvalue weighted by atomic mass is 32.2. The fourth-order valence-electron chi connectivity index (χ4n) is 4.46. The van der Waals surface area contributed by atoms with Crippen molar-refractivity contribution in [1.29, 1.82) is 5.26 Å². The predicted molar refractivity (Wildman–Crippen MR) is 129 cm³/mol. The average Bonchev–Trinajstić information content (AvgIpc) is 3.20. The third kappa shape index (κ3) is 5.29. The molecule has 2 aliphatic heterocycles. The number of amides is 2. The summed E-state index contributed by atoms with van der Waals surface area (Å²) in [5.74, 6) is -0.538. The Morgan fingerprint density at radius 2 is 1.68 bits per heavy atom. The number of nitrogens with zero attached hydrogens (tertiary/aromatic N) is 3. The molecule has 8 nitrogen and oxygen atoms in total. The van der Waals surface area contributed by atoms with Gasteiger partial charge in [-0.25, -0.2) is 8.42 Å². The number of nitriles is 1. The van der Waals surface area contributed by atoms with Gasteiger partial charge in [0.1, 0.15) is 6.54 Å². The minimum Gasteiger partial charge on any atom is -0.325 e. The van der Waals surface area contributed by atoms with Gasteiger partial charge >= 0.3 is 0 Å². The summed E-state index contributed by atoms with van der Waals surface area (Å²) in [4.78, 5) is 27.2. The van der Waals surface area contributed by atoms with Gasteiger partial charge in [-0.2, -0.15) is 9.57 Å². The van der Waals surface area contributed by atoms with E-state index in [-0.39, 0.29) is 29.7 Å². The number of anilines is 2. The Bertz CT molecular complexity index is 1210. The first kappa shape index (κ1) is 23.9. The van der Waals surface area contributed by atoms with Crippen molar-refractivity contribution in [2.75, 3.05) is 29.9 Å². The first-order valence-electron chi connectivity index (χ1n) is 11.6. The quantitative estimate of drug-likeness (QED) is 0.705. The Balaban J connectivity index is 1.55. The van der Waals surface area contributed by atoms with Gasteiger partial charge in [0, 0.05) is 30.9 Å². The Morgan fingerprint density at radius 1 is 0.971 bits per heavy atom. The maximum absolute atomic E-state index is 13.2. The summed E-state index contributed by atoms with van der Waals surface area (Å²) >= 11 is 0. The van der Waals surface area contributed by atoms with Gasteiger partial charge in [-0.05, 0) is 73.7 Å². The standard InChI is InChI=1S/C25H28N4O4S/c26-17-19-8-10-21(11-9-19)27-24(30)18-29-23-13-12-22(16-20(23)6-5-7-25(29)31)34(32,33)28-14-3-1-2-4-15-28/h8-13,16H,1-7,14-15,18H2,(H,27,30). The Kier molecular flexibility index (Phi) is 7.29.